The molecule has 10 nitrogen and oxygen atoms in total. The van der Waals surface area contributed by atoms with Gasteiger partial charge >= 0.3 is 6.61 Å². The highest BCUT2D eigenvalue weighted by atomic mass is 32.1. The predicted molar refractivity (Wildman–Crippen MR) is 138 cm³/mol. The summed E-state index contributed by atoms with van der Waals surface area (Å²) in [6.07, 6.45) is 1.38. The number of aryl methyl sites for hydroxylation is 1. The molecule has 1 saturated carbocycles. The first-order chi connectivity index (χ1) is 18.7. The van der Waals surface area contributed by atoms with E-state index >= 15 is 0 Å². The van der Waals surface area contributed by atoms with Crippen molar-refractivity contribution in [2.75, 3.05) is 17.2 Å². The zero-order valence-corrected chi connectivity index (χ0v) is 21.4. The number of alkyl halides is 2. The van der Waals surface area contributed by atoms with Crippen molar-refractivity contribution in [3.63, 3.8) is 0 Å². The SMILES string of the molecule is Cc1nc(NCc2ccc(OC(F)F)c(F)c2)nc(N[C@@H]2C[C@H](CO)[C@@H](O)[C@H]2O)c1-c1nc2cnccc2s1. The molecule has 1 aliphatic rings. The molecule has 1 fully saturated rings. The fourth-order valence-corrected chi connectivity index (χ4v) is 5.58. The molecule has 0 saturated heterocycles. The fraction of sp³-hybridized carbons (Fsp3) is 0.360. The van der Waals surface area contributed by atoms with Gasteiger partial charge in [-0.3, -0.25) is 4.98 Å². The van der Waals surface area contributed by atoms with E-state index < -0.39 is 42.3 Å². The van der Waals surface area contributed by atoms with Crippen molar-refractivity contribution in [1.29, 1.82) is 0 Å². The lowest BCUT2D eigenvalue weighted by atomic mass is 10.1. The Bertz CT molecular complexity index is 1440. The van der Waals surface area contributed by atoms with Gasteiger partial charge in [0.05, 0.1) is 34.3 Å². The van der Waals surface area contributed by atoms with Crippen LogP contribution in [0.4, 0.5) is 24.9 Å². The van der Waals surface area contributed by atoms with Gasteiger partial charge in [-0.15, -0.1) is 11.3 Å². The Morgan fingerprint density at radius 2 is 1.97 bits per heavy atom. The molecule has 5 rings (SSSR count). The molecular formula is C25H25F3N6O4S. The number of thiazole rings is 1. The van der Waals surface area contributed by atoms with Gasteiger partial charge in [-0.05, 0) is 37.1 Å². The molecule has 3 heterocycles. The van der Waals surface area contributed by atoms with E-state index in [4.69, 9.17) is 0 Å². The monoisotopic (exact) mass is 562 g/mol. The summed E-state index contributed by atoms with van der Waals surface area (Å²) in [5, 5.41) is 37.3. The molecule has 14 heteroatoms. The van der Waals surface area contributed by atoms with Crippen molar-refractivity contribution in [2.45, 2.75) is 44.8 Å². The number of aromatic nitrogens is 4. The fourth-order valence-electron chi connectivity index (χ4n) is 4.55. The van der Waals surface area contributed by atoms with Crippen molar-refractivity contribution in [2.24, 2.45) is 5.92 Å². The van der Waals surface area contributed by atoms with Gasteiger partial charge < -0.3 is 30.7 Å². The van der Waals surface area contributed by atoms with Gasteiger partial charge in [0.1, 0.15) is 22.4 Å². The number of fused-ring (bicyclic) bond motifs is 1. The molecule has 4 atom stereocenters. The highest BCUT2D eigenvalue weighted by Gasteiger charge is 2.41. The van der Waals surface area contributed by atoms with Crippen LogP contribution in [0.3, 0.4) is 0 Å². The number of ether oxygens (including phenoxy) is 1. The first-order valence-corrected chi connectivity index (χ1v) is 12.8. The Balaban J connectivity index is 1.45. The lowest BCUT2D eigenvalue weighted by molar-refractivity contribution is -0.0522. The van der Waals surface area contributed by atoms with E-state index in [0.29, 0.717) is 39.6 Å². The molecule has 0 bridgehead atoms. The number of aliphatic hydroxyl groups excluding tert-OH is 3. The van der Waals surface area contributed by atoms with Crippen LogP contribution in [0.1, 0.15) is 17.7 Å². The summed E-state index contributed by atoms with van der Waals surface area (Å²) >= 11 is 1.42. The van der Waals surface area contributed by atoms with Crippen LogP contribution in [-0.2, 0) is 6.54 Å². The average molecular weight is 563 g/mol. The van der Waals surface area contributed by atoms with E-state index in [2.05, 4.69) is 35.3 Å². The van der Waals surface area contributed by atoms with Crippen molar-refractivity contribution in [3.8, 4) is 16.3 Å². The zero-order chi connectivity index (χ0) is 27.7. The van der Waals surface area contributed by atoms with Gasteiger partial charge in [0.15, 0.2) is 11.6 Å². The normalized spacial score (nSPS) is 21.0. The molecule has 0 radical (unpaired) electrons. The standard InChI is InChI=1S/C25H25F3N6O4S/c1-11-19(23-33-16-9-29-5-4-18(16)39-23)22(32-15-7-13(10-35)20(36)21(15)37)34-25(31-11)30-8-12-2-3-17(14(26)6-12)38-24(27)28/h2-6,9,13,15,20-21,24,35-37H,7-8,10H2,1H3,(H2,30,31,32,34)/t13-,15-,20-,21+/m1/s1. The van der Waals surface area contributed by atoms with E-state index in [-0.39, 0.29) is 19.1 Å². The maximum atomic E-state index is 14.1. The van der Waals surface area contributed by atoms with Gasteiger partial charge in [0.2, 0.25) is 5.95 Å². The second kappa shape index (κ2) is 11.3. The van der Waals surface area contributed by atoms with Crippen LogP contribution in [-0.4, -0.2) is 66.7 Å². The van der Waals surface area contributed by atoms with Crippen LogP contribution in [0.15, 0.2) is 36.7 Å². The first-order valence-electron chi connectivity index (χ1n) is 12.0. The first kappa shape index (κ1) is 27.0. The van der Waals surface area contributed by atoms with Crippen LogP contribution in [0, 0.1) is 18.7 Å². The molecule has 5 N–H and O–H groups in total. The Morgan fingerprint density at radius 3 is 2.67 bits per heavy atom. The van der Waals surface area contributed by atoms with Crippen molar-refractivity contribution in [1.82, 2.24) is 19.9 Å². The Kier molecular flexibility index (Phi) is 7.79. The Morgan fingerprint density at radius 1 is 1.15 bits per heavy atom. The summed E-state index contributed by atoms with van der Waals surface area (Å²) in [6.45, 7) is -1.57. The molecule has 206 valence electrons. The number of anilines is 2. The lowest BCUT2D eigenvalue weighted by Crippen LogP contribution is -2.35. The third-order valence-electron chi connectivity index (χ3n) is 6.52. The number of hydrogen-bond donors (Lipinski definition) is 5. The third kappa shape index (κ3) is 5.73. The quantitative estimate of drug-likeness (QED) is 0.206. The molecule has 0 spiro atoms. The summed E-state index contributed by atoms with van der Waals surface area (Å²) < 4.78 is 44.0. The molecule has 0 aliphatic heterocycles. The largest absolute Gasteiger partial charge is 0.432 e. The molecule has 39 heavy (non-hydrogen) atoms. The molecule has 1 aromatic carbocycles. The summed E-state index contributed by atoms with van der Waals surface area (Å²) in [4.78, 5) is 17.9. The highest BCUT2D eigenvalue weighted by molar-refractivity contribution is 7.21. The predicted octanol–water partition coefficient (Wildman–Crippen LogP) is 3.32. The van der Waals surface area contributed by atoms with E-state index in [9.17, 15) is 28.5 Å². The second-order valence-corrected chi connectivity index (χ2v) is 10.2. The summed E-state index contributed by atoms with van der Waals surface area (Å²) in [7, 11) is 0. The number of pyridine rings is 1. The number of benzene rings is 1. The van der Waals surface area contributed by atoms with Crippen LogP contribution in [0.5, 0.6) is 5.75 Å². The number of nitrogens with one attached hydrogen (secondary N) is 2. The minimum Gasteiger partial charge on any atom is -0.432 e. The average Bonchev–Trinajstić information content (AvgIpc) is 3.44. The molecule has 1 aliphatic carbocycles. The summed E-state index contributed by atoms with van der Waals surface area (Å²) in [5.74, 6) is -1.45. The van der Waals surface area contributed by atoms with E-state index in [0.717, 1.165) is 16.8 Å². The number of aliphatic hydroxyl groups is 3. The van der Waals surface area contributed by atoms with Crippen molar-refractivity contribution < 1.29 is 33.2 Å². The lowest BCUT2D eigenvalue weighted by Gasteiger charge is -2.21. The van der Waals surface area contributed by atoms with Gasteiger partial charge in [0.25, 0.3) is 0 Å². The Labute approximate surface area is 224 Å². The molecule has 0 unspecified atom stereocenters. The second-order valence-electron chi connectivity index (χ2n) is 9.13. The number of nitrogens with zero attached hydrogens (tertiary/aromatic N) is 4. The number of halogens is 3. The minimum atomic E-state index is -3.14. The van der Waals surface area contributed by atoms with Crippen LogP contribution < -0.4 is 15.4 Å². The van der Waals surface area contributed by atoms with Crippen LogP contribution in [0.25, 0.3) is 20.8 Å². The highest BCUT2D eigenvalue weighted by Crippen LogP contribution is 2.38. The van der Waals surface area contributed by atoms with E-state index in [1.165, 1.54) is 17.4 Å². The summed E-state index contributed by atoms with van der Waals surface area (Å²) in [5.41, 5.74) is 2.28. The number of hydrogen-bond acceptors (Lipinski definition) is 11. The number of rotatable bonds is 9. The van der Waals surface area contributed by atoms with Crippen molar-refractivity contribution >= 4 is 33.3 Å². The zero-order valence-electron chi connectivity index (χ0n) is 20.6. The third-order valence-corrected chi connectivity index (χ3v) is 7.57. The topological polar surface area (TPSA) is 146 Å². The molecule has 0 amide bonds. The maximum absolute atomic E-state index is 14.1. The van der Waals surface area contributed by atoms with Gasteiger partial charge in [-0.25, -0.2) is 14.4 Å². The van der Waals surface area contributed by atoms with Gasteiger partial charge in [-0.2, -0.15) is 13.8 Å². The minimum absolute atomic E-state index is 0.0776. The van der Waals surface area contributed by atoms with Crippen LogP contribution >= 0.6 is 11.3 Å². The smallest absolute Gasteiger partial charge is 0.387 e. The molecule has 3 aromatic heterocycles. The van der Waals surface area contributed by atoms with Gasteiger partial charge in [-0.1, -0.05) is 6.07 Å². The maximum Gasteiger partial charge on any atom is 0.387 e. The molecular weight excluding hydrogens is 537 g/mol. The molecule has 4 aromatic rings. The van der Waals surface area contributed by atoms with Gasteiger partial charge in [0, 0.05) is 25.3 Å². The summed E-state index contributed by atoms with van der Waals surface area (Å²) in [6, 6.07) is 4.87. The van der Waals surface area contributed by atoms with Crippen LogP contribution in [0.2, 0.25) is 0 Å². The van der Waals surface area contributed by atoms with E-state index in [1.54, 1.807) is 19.3 Å². The van der Waals surface area contributed by atoms with Crippen molar-refractivity contribution in [3.05, 3.63) is 53.7 Å². The van der Waals surface area contributed by atoms with E-state index in [1.807, 2.05) is 6.07 Å². The Hall–Kier alpha value is -3.59.